The van der Waals surface area contributed by atoms with Gasteiger partial charge in [0.15, 0.2) is 0 Å². The fourth-order valence-electron chi connectivity index (χ4n) is 3.05. The molecule has 0 saturated heterocycles. The SMILES string of the molecule is Nc1ccc(N(c2ccccc2)c2ccc(OC(=O)c3ccccc3)cc2)cc1. The van der Waals surface area contributed by atoms with Crippen molar-refractivity contribution in [2.24, 2.45) is 0 Å². The van der Waals surface area contributed by atoms with Crippen LogP contribution in [0, 0.1) is 0 Å². The van der Waals surface area contributed by atoms with Gasteiger partial charge in [-0.1, -0.05) is 36.4 Å². The number of nitrogens with zero attached hydrogens (tertiary/aromatic N) is 1. The molecule has 0 unspecified atom stereocenters. The molecule has 4 rings (SSSR count). The van der Waals surface area contributed by atoms with Crippen molar-refractivity contribution < 1.29 is 9.53 Å². The zero-order valence-corrected chi connectivity index (χ0v) is 15.7. The first-order valence-corrected chi connectivity index (χ1v) is 9.29. The van der Waals surface area contributed by atoms with Gasteiger partial charge in [0, 0.05) is 22.7 Å². The molecule has 4 nitrogen and oxygen atoms in total. The van der Waals surface area contributed by atoms with Crippen LogP contribution < -0.4 is 15.4 Å². The van der Waals surface area contributed by atoms with Crippen LogP contribution >= 0.6 is 0 Å². The van der Waals surface area contributed by atoms with E-state index >= 15 is 0 Å². The molecule has 0 aliphatic heterocycles. The largest absolute Gasteiger partial charge is 0.423 e. The van der Waals surface area contributed by atoms with Gasteiger partial charge in [0.1, 0.15) is 5.75 Å². The third-order valence-corrected chi connectivity index (χ3v) is 4.48. The topological polar surface area (TPSA) is 55.6 Å². The summed E-state index contributed by atoms with van der Waals surface area (Å²) in [5.41, 5.74) is 10.0. The van der Waals surface area contributed by atoms with Crippen molar-refractivity contribution in [2.75, 3.05) is 10.6 Å². The maximum Gasteiger partial charge on any atom is 0.343 e. The van der Waals surface area contributed by atoms with Crippen molar-refractivity contribution in [2.45, 2.75) is 0 Å². The summed E-state index contributed by atoms with van der Waals surface area (Å²) < 4.78 is 5.49. The molecule has 4 aromatic carbocycles. The number of hydrogen-bond donors (Lipinski definition) is 1. The second kappa shape index (κ2) is 8.31. The van der Waals surface area contributed by atoms with Gasteiger partial charge in [-0.25, -0.2) is 4.79 Å². The minimum absolute atomic E-state index is 0.378. The van der Waals surface area contributed by atoms with E-state index < -0.39 is 0 Å². The number of hydrogen-bond acceptors (Lipinski definition) is 4. The first-order valence-electron chi connectivity index (χ1n) is 9.29. The maximum absolute atomic E-state index is 12.3. The molecular weight excluding hydrogens is 360 g/mol. The molecule has 0 saturated carbocycles. The maximum atomic E-state index is 12.3. The number of para-hydroxylation sites is 1. The Bertz CT molecular complexity index is 1080. The molecule has 0 aliphatic rings. The van der Waals surface area contributed by atoms with E-state index in [-0.39, 0.29) is 5.97 Å². The summed E-state index contributed by atoms with van der Waals surface area (Å²) in [7, 11) is 0. The van der Waals surface area contributed by atoms with Gasteiger partial charge in [-0.05, 0) is 72.8 Å². The van der Waals surface area contributed by atoms with Crippen LogP contribution in [0.1, 0.15) is 10.4 Å². The molecule has 0 spiro atoms. The lowest BCUT2D eigenvalue weighted by Crippen LogP contribution is -2.11. The van der Waals surface area contributed by atoms with Crippen LogP contribution in [-0.4, -0.2) is 5.97 Å². The fraction of sp³-hybridized carbons (Fsp3) is 0. The predicted molar refractivity (Wildman–Crippen MR) is 117 cm³/mol. The fourth-order valence-corrected chi connectivity index (χ4v) is 3.05. The standard InChI is InChI=1S/C25H20N2O2/c26-20-11-13-22(14-12-20)27(21-9-5-2-6-10-21)23-15-17-24(18-16-23)29-25(28)19-7-3-1-4-8-19/h1-18H,26H2. The molecule has 0 atom stereocenters. The number of carbonyl (C=O) groups excluding carboxylic acids is 1. The number of carbonyl (C=O) groups is 1. The summed E-state index contributed by atoms with van der Waals surface area (Å²) in [6.45, 7) is 0. The van der Waals surface area contributed by atoms with Crippen molar-refractivity contribution in [1.82, 2.24) is 0 Å². The Hall–Kier alpha value is -4.05. The zero-order chi connectivity index (χ0) is 20.1. The second-order valence-electron chi connectivity index (χ2n) is 6.51. The summed E-state index contributed by atoms with van der Waals surface area (Å²) in [6, 6.07) is 34.2. The zero-order valence-electron chi connectivity index (χ0n) is 15.7. The van der Waals surface area contributed by atoms with Crippen LogP contribution in [0.25, 0.3) is 0 Å². The highest BCUT2D eigenvalue weighted by molar-refractivity contribution is 5.91. The second-order valence-corrected chi connectivity index (χ2v) is 6.51. The summed E-state index contributed by atoms with van der Waals surface area (Å²) in [6.07, 6.45) is 0. The van der Waals surface area contributed by atoms with Crippen molar-refractivity contribution in [3.63, 3.8) is 0 Å². The Kier molecular flexibility index (Phi) is 5.25. The van der Waals surface area contributed by atoms with E-state index in [1.165, 1.54) is 0 Å². The third-order valence-electron chi connectivity index (χ3n) is 4.48. The highest BCUT2D eigenvalue weighted by Gasteiger charge is 2.13. The van der Waals surface area contributed by atoms with Crippen LogP contribution in [0.2, 0.25) is 0 Å². The highest BCUT2D eigenvalue weighted by atomic mass is 16.5. The average Bonchev–Trinajstić information content (AvgIpc) is 2.78. The summed E-state index contributed by atoms with van der Waals surface area (Å²) in [5.74, 6) is 0.115. The van der Waals surface area contributed by atoms with E-state index in [1.54, 1.807) is 24.3 Å². The van der Waals surface area contributed by atoms with Crippen LogP contribution in [0.15, 0.2) is 109 Å². The molecule has 4 aromatic rings. The Morgan fingerprint density at radius 3 is 1.69 bits per heavy atom. The number of nitrogen functional groups attached to an aromatic ring is 1. The summed E-state index contributed by atoms with van der Waals surface area (Å²) in [4.78, 5) is 14.4. The van der Waals surface area contributed by atoms with Gasteiger partial charge < -0.3 is 15.4 Å². The van der Waals surface area contributed by atoms with Gasteiger partial charge in [0.05, 0.1) is 5.56 Å². The highest BCUT2D eigenvalue weighted by Crippen LogP contribution is 2.35. The van der Waals surface area contributed by atoms with Gasteiger partial charge in [-0.2, -0.15) is 0 Å². The molecule has 0 radical (unpaired) electrons. The van der Waals surface area contributed by atoms with Crippen molar-refractivity contribution in [3.05, 3.63) is 115 Å². The molecule has 4 heteroatoms. The van der Waals surface area contributed by atoms with Crippen LogP contribution in [0.4, 0.5) is 22.7 Å². The number of rotatable bonds is 5. The monoisotopic (exact) mass is 380 g/mol. The Morgan fingerprint density at radius 2 is 1.10 bits per heavy atom. The number of nitrogens with two attached hydrogens (primary N) is 1. The van der Waals surface area contributed by atoms with Crippen LogP contribution in [0.5, 0.6) is 5.75 Å². The van der Waals surface area contributed by atoms with Gasteiger partial charge in [0.25, 0.3) is 0 Å². The minimum atomic E-state index is -0.378. The van der Waals surface area contributed by atoms with E-state index in [1.807, 2.05) is 84.9 Å². The smallest absolute Gasteiger partial charge is 0.343 e. The van der Waals surface area contributed by atoms with Gasteiger partial charge in [-0.3, -0.25) is 0 Å². The lowest BCUT2D eigenvalue weighted by atomic mass is 10.2. The molecule has 29 heavy (non-hydrogen) atoms. The van der Waals surface area contributed by atoms with E-state index in [4.69, 9.17) is 10.5 Å². The normalized spacial score (nSPS) is 10.3. The van der Waals surface area contributed by atoms with Crippen molar-refractivity contribution in [1.29, 1.82) is 0 Å². The van der Waals surface area contributed by atoms with Gasteiger partial charge >= 0.3 is 5.97 Å². The number of anilines is 4. The number of benzene rings is 4. The van der Waals surface area contributed by atoms with Crippen molar-refractivity contribution >= 4 is 28.7 Å². The molecular formula is C25H20N2O2. The molecule has 142 valence electrons. The van der Waals surface area contributed by atoms with Crippen LogP contribution in [0.3, 0.4) is 0 Å². The molecule has 0 fully saturated rings. The average molecular weight is 380 g/mol. The molecule has 0 aromatic heterocycles. The van der Waals surface area contributed by atoms with E-state index in [9.17, 15) is 4.79 Å². The lowest BCUT2D eigenvalue weighted by molar-refractivity contribution is 0.0735. The number of esters is 1. The van der Waals surface area contributed by atoms with E-state index in [0.29, 0.717) is 17.0 Å². The first kappa shape index (κ1) is 18.3. The van der Waals surface area contributed by atoms with Gasteiger partial charge in [-0.15, -0.1) is 0 Å². The third kappa shape index (κ3) is 4.28. The lowest BCUT2D eigenvalue weighted by Gasteiger charge is -2.25. The Labute approximate surface area is 169 Å². The molecule has 2 N–H and O–H groups in total. The van der Waals surface area contributed by atoms with Crippen LogP contribution in [-0.2, 0) is 0 Å². The van der Waals surface area contributed by atoms with E-state index in [0.717, 1.165) is 17.1 Å². The molecule has 0 amide bonds. The minimum Gasteiger partial charge on any atom is -0.423 e. The molecule has 0 heterocycles. The molecule has 0 bridgehead atoms. The summed E-state index contributed by atoms with van der Waals surface area (Å²) >= 11 is 0. The quantitative estimate of drug-likeness (QED) is 0.264. The van der Waals surface area contributed by atoms with E-state index in [2.05, 4.69) is 4.90 Å². The predicted octanol–water partition coefficient (Wildman–Crippen LogP) is 5.96. The van der Waals surface area contributed by atoms with Crippen molar-refractivity contribution in [3.8, 4) is 5.75 Å². The van der Waals surface area contributed by atoms with Gasteiger partial charge in [0.2, 0.25) is 0 Å². The first-order chi connectivity index (χ1) is 14.2. The number of ether oxygens (including phenoxy) is 1. The Morgan fingerprint density at radius 1 is 0.621 bits per heavy atom. The molecule has 0 aliphatic carbocycles. The summed E-state index contributed by atoms with van der Waals surface area (Å²) in [5, 5.41) is 0. The Balaban J connectivity index is 1.62.